The van der Waals surface area contributed by atoms with Gasteiger partial charge in [-0.2, -0.15) is 0 Å². The second-order valence-corrected chi connectivity index (χ2v) is 9.51. The molecule has 0 radical (unpaired) electrons. The molecule has 1 amide bonds. The summed E-state index contributed by atoms with van der Waals surface area (Å²) in [6.07, 6.45) is 7.47. The zero-order chi connectivity index (χ0) is 20.9. The summed E-state index contributed by atoms with van der Waals surface area (Å²) in [6, 6.07) is 8.25. The van der Waals surface area contributed by atoms with Crippen molar-refractivity contribution in [1.29, 1.82) is 0 Å². The molecule has 4 rings (SSSR count). The minimum atomic E-state index is 0.0940. The minimum absolute atomic E-state index is 0.0940. The van der Waals surface area contributed by atoms with Gasteiger partial charge in [0.15, 0.2) is 5.82 Å². The van der Waals surface area contributed by atoms with Gasteiger partial charge in [0.2, 0.25) is 5.91 Å². The molecule has 2 heterocycles. The highest BCUT2D eigenvalue weighted by atomic mass is 32.2. The van der Waals surface area contributed by atoms with Crippen LogP contribution in [-0.2, 0) is 9.53 Å². The highest BCUT2D eigenvalue weighted by Gasteiger charge is 2.26. The summed E-state index contributed by atoms with van der Waals surface area (Å²) in [5, 5.41) is 4.06. The molecule has 2 aliphatic rings. The van der Waals surface area contributed by atoms with E-state index in [1.54, 1.807) is 0 Å². The van der Waals surface area contributed by atoms with Gasteiger partial charge >= 0.3 is 0 Å². The maximum absolute atomic E-state index is 12.6. The minimum Gasteiger partial charge on any atom is -0.372 e. The number of anilines is 1. The van der Waals surface area contributed by atoms with Crippen LogP contribution in [0.25, 0.3) is 11.0 Å². The molecular formula is C23H32N4O2S. The summed E-state index contributed by atoms with van der Waals surface area (Å²) < 4.78 is 5.90. The fraction of sp³-hybridized carbons (Fsp3) is 0.609. The molecule has 30 heavy (non-hydrogen) atoms. The number of amides is 1. The number of benzene rings is 1. The first-order valence-corrected chi connectivity index (χ1v) is 12.2. The fourth-order valence-electron chi connectivity index (χ4n) is 4.46. The van der Waals surface area contributed by atoms with Gasteiger partial charge in [-0.1, -0.05) is 49.6 Å². The van der Waals surface area contributed by atoms with E-state index >= 15 is 0 Å². The van der Waals surface area contributed by atoms with E-state index in [1.165, 1.54) is 37.4 Å². The average molecular weight is 429 g/mol. The molecule has 0 bridgehead atoms. The number of hydrogen-bond donors (Lipinski definition) is 1. The number of nitrogens with one attached hydrogen (secondary N) is 1. The largest absolute Gasteiger partial charge is 0.372 e. The van der Waals surface area contributed by atoms with Crippen LogP contribution in [0, 0.1) is 0 Å². The Hall–Kier alpha value is -1.86. The van der Waals surface area contributed by atoms with Crippen molar-refractivity contribution >= 4 is 34.5 Å². The van der Waals surface area contributed by atoms with Gasteiger partial charge < -0.3 is 15.0 Å². The predicted molar refractivity (Wildman–Crippen MR) is 122 cm³/mol. The molecule has 6 nitrogen and oxygen atoms in total. The van der Waals surface area contributed by atoms with E-state index in [9.17, 15) is 4.79 Å². The molecule has 1 aliphatic carbocycles. The molecule has 2 aromatic rings. The van der Waals surface area contributed by atoms with E-state index in [1.807, 2.05) is 24.3 Å². The van der Waals surface area contributed by atoms with Crippen molar-refractivity contribution in [2.45, 2.75) is 75.6 Å². The average Bonchev–Trinajstić information content (AvgIpc) is 2.99. The van der Waals surface area contributed by atoms with Crippen LogP contribution < -0.4 is 10.2 Å². The number of morpholine rings is 1. The van der Waals surface area contributed by atoms with Crippen molar-refractivity contribution in [2.24, 2.45) is 0 Å². The van der Waals surface area contributed by atoms with Gasteiger partial charge in [-0.05, 0) is 38.8 Å². The zero-order valence-corrected chi connectivity index (χ0v) is 18.8. The van der Waals surface area contributed by atoms with Gasteiger partial charge in [0.1, 0.15) is 5.03 Å². The number of para-hydroxylation sites is 2. The number of nitrogens with zero attached hydrogens (tertiary/aromatic N) is 3. The number of ether oxygens (including phenoxy) is 1. The first kappa shape index (κ1) is 21.4. The molecule has 1 N–H and O–H groups in total. The Morgan fingerprint density at radius 2 is 1.70 bits per heavy atom. The molecule has 162 valence electrons. The topological polar surface area (TPSA) is 67.4 Å². The fourth-order valence-corrected chi connectivity index (χ4v) is 5.27. The Bertz CT molecular complexity index is 859. The lowest BCUT2D eigenvalue weighted by atomic mass is 10.1. The van der Waals surface area contributed by atoms with Crippen molar-refractivity contribution in [3.63, 3.8) is 0 Å². The van der Waals surface area contributed by atoms with Crippen LogP contribution in [0.4, 0.5) is 5.82 Å². The summed E-state index contributed by atoms with van der Waals surface area (Å²) in [6.45, 7) is 5.73. The number of hydrogen-bond acceptors (Lipinski definition) is 6. The summed E-state index contributed by atoms with van der Waals surface area (Å²) in [5.74, 6) is 1.32. The van der Waals surface area contributed by atoms with Crippen LogP contribution in [0.3, 0.4) is 0 Å². The monoisotopic (exact) mass is 428 g/mol. The van der Waals surface area contributed by atoms with Crippen molar-refractivity contribution in [3.8, 4) is 0 Å². The third-order valence-corrected chi connectivity index (χ3v) is 6.75. The van der Waals surface area contributed by atoms with Crippen LogP contribution in [0.1, 0.15) is 52.4 Å². The number of fused-ring (bicyclic) bond motifs is 1. The lowest BCUT2D eigenvalue weighted by molar-refractivity contribution is -0.119. The molecule has 2 atom stereocenters. The van der Waals surface area contributed by atoms with E-state index in [4.69, 9.17) is 14.7 Å². The summed E-state index contributed by atoms with van der Waals surface area (Å²) in [5.41, 5.74) is 1.74. The van der Waals surface area contributed by atoms with Crippen molar-refractivity contribution in [2.75, 3.05) is 23.7 Å². The Labute approximate surface area is 183 Å². The smallest absolute Gasteiger partial charge is 0.230 e. The Morgan fingerprint density at radius 3 is 2.37 bits per heavy atom. The van der Waals surface area contributed by atoms with E-state index in [0.717, 1.165) is 47.8 Å². The Kier molecular flexibility index (Phi) is 7.10. The van der Waals surface area contributed by atoms with E-state index in [2.05, 4.69) is 24.1 Å². The molecule has 0 spiro atoms. The molecule has 0 unspecified atom stereocenters. The lowest BCUT2D eigenvalue weighted by Crippen LogP contribution is -2.46. The van der Waals surface area contributed by atoms with Gasteiger partial charge in [0, 0.05) is 19.1 Å². The van der Waals surface area contributed by atoms with E-state index in [0.29, 0.717) is 11.8 Å². The third-order valence-electron chi connectivity index (χ3n) is 5.80. The molecule has 2 fully saturated rings. The highest BCUT2D eigenvalue weighted by molar-refractivity contribution is 8.00. The van der Waals surface area contributed by atoms with Gasteiger partial charge in [0.05, 0.1) is 29.0 Å². The maximum Gasteiger partial charge on any atom is 0.230 e. The van der Waals surface area contributed by atoms with Crippen molar-refractivity contribution < 1.29 is 9.53 Å². The first-order valence-electron chi connectivity index (χ1n) is 11.2. The number of carbonyl (C=O) groups excluding carboxylic acids is 1. The standard InChI is InChI=1S/C23H32N4O2S/c1-16-13-27(14-17(2)29-16)22-23(26-20-12-8-7-11-19(20)25-22)30-15-21(28)24-18-9-5-3-4-6-10-18/h7-8,11-12,16-18H,3-6,9-10,13-15H2,1-2H3,(H,24,28)/t16-,17-/m1/s1. The van der Waals surface area contributed by atoms with Crippen molar-refractivity contribution in [3.05, 3.63) is 24.3 Å². The second-order valence-electron chi connectivity index (χ2n) is 8.55. The van der Waals surface area contributed by atoms with Crippen LogP contribution >= 0.6 is 11.8 Å². The van der Waals surface area contributed by atoms with Gasteiger partial charge in [-0.15, -0.1) is 0 Å². The maximum atomic E-state index is 12.6. The van der Waals surface area contributed by atoms with E-state index in [-0.39, 0.29) is 18.1 Å². The van der Waals surface area contributed by atoms with Crippen molar-refractivity contribution in [1.82, 2.24) is 15.3 Å². The van der Waals surface area contributed by atoms with Crippen LogP contribution in [0.5, 0.6) is 0 Å². The highest BCUT2D eigenvalue weighted by Crippen LogP contribution is 2.31. The number of thioether (sulfide) groups is 1. The SMILES string of the molecule is C[C@@H]1CN(c2nc3ccccc3nc2SCC(=O)NC2CCCCCC2)C[C@@H](C)O1. The third kappa shape index (κ3) is 5.43. The second kappa shape index (κ2) is 9.96. The number of rotatable bonds is 5. The lowest BCUT2D eigenvalue weighted by Gasteiger charge is -2.36. The van der Waals surface area contributed by atoms with Crippen LogP contribution in [-0.4, -0.2) is 53.0 Å². The quantitative estimate of drug-likeness (QED) is 0.569. The van der Waals surface area contributed by atoms with Crippen LogP contribution in [0.15, 0.2) is 29.3 Å². The summed E-state index contributed by atoms with van der Waals surface area (Å²) in [4.78, 5) is 24.7. The molecule has 1 saturated heterocycles. The normalized spacial score (nSPS) is 23.3. The number of carbonyl (C=O) groups is 1. The molecule has 7 heteroatoms. The predicted octanol–water partition coefficient (Wildman–Crippen LogP) is 4.17. The van der Waals surface area contributed by atoms with Crippen LogP contribution in [0.2, 0.25) is 0 Å². The summed E-state index contributed by atoms with van der Waals surface area (Å²) in [7, 11) is 0. The Balaban J connectivity index is 1.50. The van der Waals surface area contributed by atoms with E-state index < -0.39 is 0 Å². The summed E-state index contributed by atoms with van der Waals surface area (Å²) >= 11 is 1.49. The molecular weight excluding hydrogens is 396 g/mol. The number of aromatic nitrogens is 2. The van der Waals surface area contributed by atoms with Gasteiger partial charge in [-0.3, -0.25) is 4.79 Å². The van der Waals surface area contributed by atoms with Gasteiger partial charge in [0.25, 0.3) is 0 Å². The molecule has 1 aliphatic heterocycles. The molecule has 1 saturated carbocycles. The molecule has 1 aromatic carbocycles. The molecule has 1 aromatic heterocycles. The Morgan fingerprint density at radius 1 is 1.07 bits per heavy atom. The zero-order valence-electron chi connectivity index (χ0n) is 18.0. The van der Waals surface area contributed by atoms with Gasteiger partial charge in [-0.25, -0.2) is 9.97 Å². The first-order chi connectivity index (χ1) is 14.6.